The molecule has 1 saturated carbocycles. The van der Waals surface area contributed by atoms with Crippen LogP contribution in [0.5, 0.6) is 0 Å². The van der Waals surface area contributed by atoms with E-state index in [1.807, 2.05) is 0 Å². The molecule has 1 nitrogen and oxygen atoms in total. The normalized spacial score (nSPS) is 64.3. The monoisotopic (exact) mass is 97.1 g/mol. The number of fused-ring (bicyclic) bond motifs is 1. The van der Waals surface area contributed by atoms with E-state index in [-0.39, 0.29) is 0 Å². The minimum Gasteiger partial charge on any atom is -0.292 e. The van der Waals surface area contributed by atoms with Crippen molar-refractivity contribution < 1.29 is 0 Å². The molecule has 2 fully saturated rings. The Labute approximate surface area is 44.3 Å². The predicted molar refractivity (Wildman–Crippen MR) is 29.2 cm³/mol. The highest BCUT2D eigenvalue weighted by molar-refractivity contribution is 5.30. The molecule has 0 N–H and O–H groups in total. The van der Waals surface area contributed by atoms with Gasteiger partial charge >= 0.3 is 0 Å². The molecule has 0 aromatic heterocycles. The summed E-state index contributed by atoms with van der Waals surface area (Å²) < 4.78 is 0. The maximum atomic E-state index is 2.53. The van der Waals surface area contributed by atoms with Gasteiger partial charge in [0, 0.05) is 11.6 Å². The van der Waals surface area contributed by atoms with Gasteiger partial charge in [-0.05, 0) is 19.9 Å². The summed E-state index contributed by atoms with van der Waals surface area (Å²) in [6.45, 7) is 5.85. The van der Waals surface area contributed by atoms with Crippen molar-refractivity contribution in [2.75, 3.05) is 6.54 Å². The second-order valence-corrected chi connectivity index (χ2v) is 2.86. The molecule has 1 aliphatic carbocycles. The zero-order valence-electron chi connectivity index (χ0n) is 4.94. The first kappa shape index (κ1) is 3.90. The Hall–Kier alpha value is -0.0400. The van der Waals surface area contributed by atoms with Gasteiger partial charge in [-0.25, -0.2) is 0 Å². The number of likely N-dealkylation sites (tertiary alicyclic amines) is 1. The smallest absolute Gasteiger partial charge is 0.0356 e. The Morgan fingerprint density at radius 3 is 2.43 bits per heavy atom. The van der Waals surface area contributed by atoms with Crippen LogP contribution in [0.1, 0.15) is 20.3 Å². The zero-order valence-corrected chi connectivity index (χ0v) is 4.94. The predicted octanol–water partition coefficient (Wildman–Crippen LogP) is 0.853. The van der Waals surface area contributed by atoms with Crippen LogP contribution >= 0.6 is 0 Å². The summed E-state index contributed by atoms with van der Waals surface area (Å²) in [5.41, 5.74) is 0.717. The van der Waals surface area contributed by atoms with Crippen LogP contribution in [0.4, 0.5) is 0 Å². The van der Waals surface area contributed by atoms with Crippen molar-refractivity contribution in [3.63, 3.8) is 0 Å². The number of rotatable bonds is 1. The lowest BCUT2D eigenvalue weighted by Gasteiger charge is -2.05. The van der Waals surface area contributed by atoms with E-state index < -0.39 is 0 Å². The first-order chi connectivity index (χ1) is 3.29. The molecule has 3 atom stereocenters. The average Bonchev–Trinajstić information content (AvgIpc) is 2.28. The third-order valence-electron chi connectivity index (χ3n) is 2.47. The summed E-state index contributed by atoms with van der Waals surface area (Å²) in [7, 11) is 0. The van der Waals surface area contributed by atoms with E-state index in [4.69, 9.17) is 0 Å². The van der Waals surface area contributed by atoms with Gasteiger partial charge in [0.2, 0.25) is 0 Å². The third kappa shape index (κ3) is 0.260. The highest BCUT2D eigenvalue weighted by Gasteiger charge is 2.73. The van der Waals surface area contributed by atoms with Crippen molar-refractivity contribution >= 4 is 0 Å². The summed E-state index contributed by atoms with van der Waals surface area (Å²) in [4.78, 5) is 2.53. The van der Waals surface area contributed by atoms with E-state index in [1.165, 1.54) is 13.0 Å². The van der Waals surface area contributed by atoms with Gasteiger partial charge in [0.05, 0.1) is 0 Å². The summed E-state index contributed by atoms with van der Waals surface area (Å²) in [5, 5.41) is 0. The van der Waals surface area contributed by atoms with Crippen LogP contribution < -0.4 is 0 Å². The lowest BCUT2D eigenvalue weighted by molar-refractivity contribution is 0.377. The van der Waals surface area contributed by atoms with Gasteiger partial charge in [-0.3, -0.25) is 4.90 Å². The fourth-order valence-electron chi connectivity index (χ4n) is 1.61. The van der Waals surface area contributed by atoms with Gasteiger partial charge in [-0.1, -0.05) is 6.92 Å². The van der Waals surface area contributed by atoms with Crippen molar-refractivity contribution in [1.82, 2.24) is 4.90 Å². The summed E-state index contributed by atoms with van der Waals surface area (Å²) >= 11 is 0. The van der Waals surface area contributed by atoms with Crippen molar-refractivity contribution in [3.8, 4) is 0 Å². The quantitative estimate of drug-likeness (QED) is 0.438. The van der Waals surface area contributed by atoms with Crippen LogP contribution in [-0.2, 0) is 0 Å². The number of likely N-dealkylation sites (N-methyl/N-ethyl adjacent to an activating group) is 1. The summed E-state index contributed by atoms with van der Waals surface area (Å²) in [6.07, 6.45) is 1.47. The molecule has 1 heterocycles. The van der Waals surface area contributed by atoms with Gasteiger partial charge < -0.3 is 0 Å². The molecule has 2 rings (SSSR count). The van der Waals surface area contributed by atoms with Crippen LogP contribution in [0.25, 0.3) is 0 Å². The maximum Gasteiger partial charge on any atom is 0.0356 e. The average molecular weight is 97.2 g/mol. The number of hydrogen-bond acceptors (Lipinski definition) is 1. The molecule has 3 unspecified atom stereocenters. The molecule has 7 heavy (non-hydrogen) atoms. The van der Waals surface area contributed by atoms with E-state index >= 15 is 0 Å². The number of nitrogens with zero attached hydrogens (tertiary/aromatic N) is 1. The molecule has 0 radical (unpaired) electrons. The Bertz CT molecular complexity index is 111. The van der Waals surface area contributed by atoms with E-state index in [0.717, 1.165) is 11.6 Å². The molecular formula is C6H11N. The van der Waals surface area contributed by atoms with Crippen molar-refractivity contribution in [2.45, 2.75) is 31.8 Å². The summed E-state index contributed by atoms with van der Waals surface area (Å²) in [6, 6.07) is 1.01. The minimum absolute atomic E-state index is 0.717. The topological polar surface area (TPSA) is 3.01 Å². The first-order valence-electron chi connectivity index (χ1n) is 3.06. The second-order valence-electron chi connectivity index (χ2n) is 2.86. The van der Waals surface area contributed by atoms with Gasteiger partial charge in [-0.2, -0.15) is 0 Å². The Kier molecular flexibility index (Phi) is 0.419. The molecule has 1 saturated heterocycles. The third-order valence-corrected chi connectivity index (χ3v) is 2.47. The SMILES string of the molecule is CCN1C2CC21C. The lowest BCUT2D eigenvalue weighted by atomic mass is 10.4. The molecule has 0 bridgehead atoms. The molecule has 0 spiro atoms. The van der Waals surface area contributed by atoms with Gasteiger partial charge in [0.1, 0.15) is 0 Å². The van der Waals surface area contributed by atoms with E-state index in [1.54, 1.807) is 0 Å². The van der Waals surface area contributed by atoms with Crippen LogP contribution in [-0.4, -0.2) is 23.0 Å². The minimum atomic E-state index is 0.717. The number of hydrogen-bond donors (Lipinski definition) is 0. The van der Waals surface area contributed by atoms with Gasteiger partial charge in [0.25, 0.3) is 0 Å². The van der Waals surface area contributed by atoms with Gasteiger partial charge in [-0.15, -0.1) is 0 Å². The van der Waals surface area contributed by atoms with Crippen molar-refractivity contribution in [3.05, 3.63) is 0 Å². The van der Waals surface area contributed by atoms with Crippen LogP contribution in [0.15, 0.2) is 0 Å². The van der Waals surface area contributed by atoms with Crippen LogP contribution in [0, 0.1) is 0 Å². The lowest BCUT2D eigenvalue weighted by Crippen LogP contribution is -2.13. The first-order valence-corrected chi connectivity index (χ1v) is 3.06. The largest absolute Gasteiger partial charge is 0.292 e. The van der Waals surface area contributed by atoms with E-state index in [0.29, 0.717) is 0 Å². The highest BCUT2D eigenvalue weighted by atomic mass is 15.5. The highest BCUT2D eigenvalue weighted by Crippen LogP contribution is 2.62. The van der Waals surface area contributed by atoms with Crippen LogP contribution in [0.3, 0.4) is 0 Å². The van der Waals surface area contributed by atoms with Crippen LogP contribution in [0.2, 0.25) is 0 Å². The zero-order chi connectivity index (χ0) is 5.07. The molecule has 2 aliphatic rings. The van der Waals surface area contributed by atoms with E-state index in [9.17, 15) is 0 Å². The molecule has 0 amide bonds. The fraction of sp³-hybridized carbons (Fsp3) is 1.00. The molecule has 0 aromatic rings. The Morgan fingerprint density at radius 2 is 2.43 bits per heavy atom. The maximum absolute atomic E-state index is 2.53. The Morgan fingerprint density at radius 1 is 1.86 bits per heavy atom. The molecule has 1 heteroatoms. The summed E-state index contributed by atoms with van der Waals surface area (Å²) in [5.74, 6) is 0. The van der Waals surface area contributed by atoms with Crippen molar-refractivity contribution in [1.29, 1.82) is 0 Å². The molecule has 40 valence electrons. The van der Waals surface area contributed by atoms with Gasteiger partial charge in [0.15, 0.2) is 0 Å². The standard InChI is InChI=1S/C6H11N/c1-3-7-5-4-6(5,7)2/h5H,3-4H2,1-2H3. The second kappa shape index (κ2) is 0.752. The van der Waals surface area contributed by atoms with Crippen molar-refractivity contribution in [2.24, 2.45) is 0 Å². The Balaban J connectivity index is 2.02. The molecular weight excluding hydrogens is 86.1 g/mol. The van der Waals surface area contributed by atoms with E-state index in [2.05, 4.69) is 18.7 Å². The fourth-order valence-corrected chi connectivity index (χ4v) is 1.61. The molecule has 1 aliphatic heterocycles. The molecule has 0 aromatic carbocycles.